The van der Waals surface area contributed by atoms with E-state index in [4.69, 9.17) is 9.47 Å². The summed E-state index contributed by atoms with van der Waals surface area (Å²) in [4.78, 5) is 38.9. The first-order valence-corrected chi connectivity index (χ1v) is 12.9. The normalized spacial score (nSPS) is 13.5. The molecule has 2 aromatic carbocycles. The Morgan fingerprint density at radius 3 is 2.06 bits per heavy atom. The smallest absolute Gasteiger partial charge is 0.407 e. The highest BCUT2D eigenvalue weighted by Crippen LogP contribution is 2.33. The van der Waals surface area contributed by atoms with Crippen molar-refractivity contribution in [3.8, 4) is 0 Å². The average Bonchev–Trinajstić information content (AvgIpc) is 2.85. The molecule has 0 spiro atoms. The van der Waals surface area contributed by atoms with Gasteiger partial charge in [0.15, 0.2) is 5.60 Å². The number of benzene rings is 2. The number of nitrogens with one attached hydrogen (secondary N) is 1. The van der Waals surface area contributed by atoms with E-state index in [9.17, 15) is 19.5 Å². The Hall–Kier alpha value is -2.49. The summed E-state index contributed by atoms with van der Waals surface area (Å²) in [5, 5.41) is 14.1. The van der Waals surface area contributed by atoms with Crippen molar-refractivity contribution in [2.24, 2.45) is 0 Å². The van der Waals surface area contributed by atoms with Crippen LogP contribution in [0.4, 0.5) is 4.79 Å². The zero-order valence-corrected chi connectivity index (χ0v) is 20.8. The molecule has 0 heterocycles. The standard InChI is InChI=1S/C24H29NO6S2/c1-5-21(26)30-15-14-25-23(28)31-16(2)24(29,18-8-12-20(33-4)13-9-18)22(27)17-6-10-19(32-3)11-7-17/h6-13,16,29H,5,14-15H2,1-4H3,(H,25,28)/t16-,24?/m1/s1. The van der Waals surface area contributed by atoms with Gasteiger partial charge in [0.25, 0.3) is 0 Å². The minimum atomic E-state index is -2.11. The molecule has 2 rings (SSSR count). The third-order valence-electron chi connectivity index (χ3n) is 5.02. The maximum absolute atomic E-state index is 13.5. The molecule has 33 heavy (non-hydrogen) atoms. The van der Waals surface area contributed by atoms with Crippen molar-refractivity contribution < 1.29 is 29.0 Å². The van der Waals surface area contributed by atoms with Crippen LogP contribution in [-0.4, -0.2) is 54.7 Å². The average molecular weight is 492 g/mol. The summed E-state index contributed by atoms with van der Waals surface area (Å²) in [6.45, 7) is 3.18. The second-order valence-electron chi connectivity index (χ2n) is 7.10. The molecule has 0 radical (unpaired) electrons. The van der Waals surface area contributed by atoms with Crippen LogP contribution in [0.5, 0.6) is 0 Å². The molecular weight excluding hydrogens is 462 g/mol. The van der Waals surface area contributed by atoms with Gasteiger partial charge in [0.1, 0.15) is 12.7 Å². The quantitative estimate of drug-likeness (QED) is 0.208. The summed E-state index contributed by atoms with van der Waals surface area (Å²) in [5.41, 5.74) is -1.49. The molecule has 0 saturated heterocycles. The Morgan fingerprint density at radius 2 is 1.55 bits per heavy atom. The first-order chi connectivity index (χ1) is 15.8. The predicted octanol–water partition coefficient (Wildman–Crippen LogP) is 4.27. The molecule has 2 atom stereocenters. The second kappa shape index (κ2) is 12.7. The molecule has 1 amide bonds. The van der Waals surface area contributed by atoms with Gasteiger partial charge in [-0.05, 0) is 49.3 Å². The number of Topliss-reactive ketones (excluding diaryl/α,β-unsaturated/α-hetero) is 1. The molecule has 2 N–H and O–H groups in total. The molecule has 0 aliphatic heterocycles. The van der Waals surface area contributed by atoms with Crippen LogP contribution in [0, 0.1) is 0 Å². The fourth-order valence-corrected chi connectivity index (χ4v) is 3.88. The van der Waals surface area contributed by atoms with Gasteiger partial charge in [-0.25, -0.2) is 4.79 Å². The monoisotopic (exact) mass is 491 g/mol. The number of rotatable bonds is 11. The van der Waals surface area contributed by atoms with Gasteiger partial charge in [0, 0.05) is 21.8 Å². The van der Waals surface area contributed by atoms with Gasteiger partial charge in [-0.3, -0.25) is 9.59 Å². The molecule has 0 aliphatic rings. The van der Waals surface area contributed by atoms with Crippen LogP contribution in [0.1, 0.15) is 36.2 Å². The van der Waals surface area contributed by atoms with E-state index in [-0.39, 0.29) is 25.5 Å². The van der Waals surface area contributed by atoms with Gasteiger partial charge in [-0.2, -0.15) is 0 Å². The van der Waals surface area contributed by atoms with Gasteiger partial charge in [-0.15, -0.1) is 23.5 Å². The third kappa shape index (κ3) is 6.99. The number of ether oxygens (including phenoxy) is 2. The topological polar surface area (TPSA) is 102 Å². The summed E-state index contributed by atoms with van der Waals surface area (Å²) < 4.78 is 10.3. The summed E-state index contributed by atoms with van der Waals surface area (Å²) in [6, 6.07) is 13.8. The lowest BCUT2D eigenvalue weighted by Crippen LogP contribution is -2.48. The Morgan fingerprint density at radius 1 is 1.00 bits per heavy atom. The highest BCUT2D eigenvalue weighted by Gasteiger charge is 2.46. The molecular formula is C24H29NO6S2. The summed E-state index contributed by atoms with van der Waals surface area (Å²) in [5.74, 6) is -0.955. The highest BCUT2D eigenvalue weighted by molar-refractivity contribution is 7.98. The Bertz CT molecular complexity index is 948. The van der Waals surface area contributed by atoms with Crippen molar-refractivity contribution in [3.63, 3.8) is 0 Å². The zero-order chi connectivity index (χ0) is 24.4. The number of alkyl carbamates (subject to hydrolysis) is 1. The lowest BCUT2D eigenvalue weighted by atomic mass is 9.82. The van der Waals surface area contributed by atoms with E-state index in [1.165, 1.54) is 30.4 Å². The predicted molar refractivity (Wildman–Crippen MR) is 130 cm³/mol. The van der Waals surface area contributed by atoms with E-state index in [0.29, 0.717) is 11.1 Å². The molecule has 7 nitrogen and oxygen atoms in total. The van der Waals surface area contributed by atoms with Crippen molar-refractivity contribution in [3.05, 3.63) is 59.7 Å². The molecule has 9 heteroatoms. The van der Waals surface area contributed by atoms with Crippen LogP contribution in [0.3, 0.4) is 0 Å². The Labute approximate surface area is 202 Å². The second-order valence-corrected chi connectivity index (χ2v) is 8.86. The number of amides is 1. The van der Waals surface area contributed by atoms with E-state index in [2.05, 4.69) is 5.32 Å². The fourth-order valence-electron chi connectivity index (χ4n) is 3.07. The van der Waals surface area contributed by atoms with Crippen molar-refractivity contribution in [2.75, 3.05) is 25.7 Å². The van der Waals surface area contributed by atoms with Crippen LogP contribution in [0.25, 0.3) is 0 Å². The van der Waals surface area contributed by atoms with E-state index in [1.54, 1.807) is 55.5 Å². The van der Waals surface area contributed by atoms with Crippen molar-refractivity contribution in [1.82, 2.24) is 5.32 Å². The number of hydrogen-bond donors (Lipinski definition) is 2. The third-order valence-corrected chi connectivity index (χ3v) is 6.51. The van der Waals surface area contributed by atoms with Crippen LogP contribution < -0.4 is 5.32 Å². The Kier molecular flexibility index (Phi) is 10.3. The molecule has 0 aromatic heterocycles. The maximum atomic E-state index is 13.5. The molecule has 2 aromatic rings. The molecule has 178 valence electrons. The maximum Gasteiger partial charge on any atom is 0.407 e. The van der Waals surface area contributed by atoms with E-state index >= 15 is 0 Å². The number of aliphatic hydroxyl groups is 1. The lowest BCUT2D eigenvalue weighted by molar-refractivity contribution is -0.143. The molecule has 0 fully saturated rings. The number of thioether (sulfide) groups is 2. The minimum absolute atomic E-state index is 0.00269. The van der Waals surface area contributed by atoms with Crippen molar-refractivity contribution in [1.29, 1.82) is 0 Å². The Balaban J connectivity index is 2.24. The number of carbonyl (C=O) groups excluding carboxylic acids is 3. The van der Waals surface area contributed by atoms with Gasteiger partial charge in [-0.1, -0.05) is 31.2 Å². The van der Waals surface area contributed by atoms with Gasteiger partial charge < -0.3 is 19.9 Å². The van der Waals surface area contributed by atoms with E-state index in [0.717, 1.165) is 9.79 Å². The minimum Gasteiger partial charge on any atom is -0.464 e. The summed E-state index contributed by atoms with van der Waals surface area (Å²) >= 11 is 3.07. The first-order valence-electron chi connectivity index (χ1n) is 10.4. The van der Waals surface area contributed by atoms with Crippen molar-refractivity contribution >= 4 is 41.4 Å². The highest BCUT2D eigenvalue weighted by atomic mass is 32.2. The molecule has 0 saturated carbocycles. The lowest BCUT2D eigenvalue weighted by Gasteiger charge is -2.33. The fraction of sp³-hybridized carbons (Fsp3) is 0.375. The van der Waals surface area contributed by atoms with Gasteiger partial charge >= 0.3 is 12.1 Å². The van der Waals surface area contributed by atoms with Crippen LogP contribution in [0.2, 0.25) is 0 Å². The SMILES string of the molecule is CCC(=O)OCCNC(=O)O[C@H](C)C(O)(C(=O)c1ccc(SC)cc1)c1ccc(SC)cc1. The largest absolute Gasteiger partial charge is 0.464 e. The van der Waals surface area contributed by atoms with Crippen LogP contribution >= 0.6 is 23.5 Å². The molecule has 1 unspecified atom stereocenters. The van der Waals surface area contributed by atoms with E-state index in [1.807, 2.05) is 12.5 Å². The molecule has 0 bridgehead atoms. The zero-order valence-electron chi connectivity index (χ0n) is 19.1. The number of carbonyl (C=O) groups is 3. The van der Waals surface area contributed by atoms with Gasteiger partial charge in [0.05, 0.1) is 6.54 Å². The van der Waals surface area contributed by atoms with E-state index < -0.39 is 23.6 Å². The first kappa shape index (κ1) is 26.8. The van der Waals surface area contributed by atoms with Gasteiger partial charge in [0.2, 0.25) is 5.78 Å². The number of esters is 1. The summed E-state index contributed by atoms with van der Waals surface area (Å²) in [6.07, 6.45) is 2.05. The van der Waals surface area contributed by atoms with Crippen molar-refractivity contribution in [2.45, 2.75) is 41.8 Å². The van der Waals surface area contributed by atoms with Crippen LogP contribution in [0.15, 0.2) is 58.3 Å². The number of hydrogen-bond acceptors (Lipinski definition) is 8. The number of ketones is 1. The molecule has 0 aliphatic carbocycles. The summed E-state index contributed by atoms with van der Waals surface area (Å²) in [7, 11) is 0. The van der Waals surface area contributed by atoms with Crippen LogP contribution in [-0.2, 0) is 19.9 Å².